The van der Waals surface area contributed by atoms with E-state index in [0.29, 0.717) is 5.69 Å². The van der Waals surface area contributed by atoms with Crippen LogP contribution in [0.1, 0.15) is 18.1 Å². The van der Waals surface area contributed by atoms with Gasteiger partial charge in [0, 0.05) is 12.2 Å². The van der Waals surface area contributed by atoms with Gasteiger partial charge in [-0.15, -0.1) is 0 Å². The number of nitrogens with zero attached hydrogens (tertiary/aromatic N) is 1. The number of sulfonamides is 1. The fraction of sp³-hybridized carbons (Fsp3) is 0.174. The molecule has 0 fully saturated rings. The van der Waals surface area contributed by atoms with Gasteiger partial charge in [-0.3, -0.25) is 4.79 Å². The van der Waals surface area contributed by atoms with Gasteiger partial charge in [0.05, 0.1) is 11.4 Å². The predicted molar refractivity (Wildman–Crippen MR) is 115 cm³/mol. The van der Waals surface area contributed by atoms with Crippen LogP contribution in [-0.2, 0) is 27.8 Å². The smallest absolute Gasteiger partial charge is 0.243 e. The van der Waals surface area contributed by atoms with Crippen molar-refractivity contribution >= 4 is 21.6 Å². The minimum Gasteiger partial charge on any atom is -0.325 e. The van der Waals surface area contributed by atoms with Crippen molar-refractivity contribution in [1.82, 2.24) is 4.31 Å². The summed E-state index contributed by atoms with van der Waals surface area (Å²) < 4.78 is 27.5. The van der Waals surface area contributed by atoms with Gasteiger partial charge in [-0.2, -0.15) is 4.31 Å². The van der Waals surface area contributed by atoms with E-state index in [9.17, 15) is 13.2 Å². The molecule has 6 heteroatoms. The van der Waals surface area contributed by atoms with Crippen molar-refractivity contribution in [1.29, 1.82) is 0 Å². The molecule has 0 saturated carbocycles. The van der Waals surface area contributed by atoms with Gasteiger partial charge >= 0.3 is 0 Å². The molecule has 1 amide bonds. The molecule has 0 atom stereocenters. The SMILES string of the molecule is CCc1ccc(NC(=O)CN(Cc2ccccc2)S(=O)(=O)c2ccccc2)cc1. The van der Waals surface area contributed by atoms with E-state index in [0.717, 1.165) is 12.0 Å². The Morgan fingerprint density at radius 3 is 2.00 bits per heavy atom. The van der Waals surface area contributed by atoms with Crippen molar-refractivity contribution in [2.45, 2.75) is 24.8 Å². The summed E-state index contributed by atoms with van der Waals surface area (Å²) >= 11 is 0. The van der Waals surface area contributed by atoms with Crippen LogP contribution in [0.15, 0.2) is 89.8 Å². The van der Waals surface area contributed by atoms with Gasteiger partial charge in [0.1, 0.15) is 0 Å². The second-order valence-electron chi connectivity index (χ2n) is 6.67. The molecule has 0 aromatic heterocycles. The molecular formula is C23H24N2O3S. The summed E-state index contributed by atoms with van der Waals surface area (Å²) in [5.41, 5.74) is 2.62. The molecule has 0 bridgehead atoms. The predicted octanol–water partition coefficient (Wildman–Crippen LogP) is 4.08. The van der Waals surface area contributed by atoms with Crippen molar-refractivity contribution in [3.63, 3.8) is 0 Å². The largest absolute Gasteiger partial charge is 0.325 e. The molecule has 0 aliphatic carbocycles. The van der Waals surface area contributed by atoms with E-state index in [1.807, 2.05) is 54.6 Å². The summed E-state index contributed by atoms with van der Waals surface area (Å²) in [6, 6.07) is 24.9. The van der Waals surface area contributed by atoms with Gasteiger partial charge in [-0.05, 0) is 41.8 Å². The van der Waals surface area contributed by atoms with Gasteiger partial charge in [0.15, 0.2) is 0 Å². The first-order valence-corrected chi connectivity index (χ1v) is 10.9. The van der Waals surface area contributed by atoms with Crippen molar-refractivity contribution in [2.24, 2.45) is 0 Å². The molecule has 0 aliphatic rings. The van der Waals surface area contributed by atoms with Crippen LogP contribution in [0, 0.1) is 0 Å². The lowest BCUT2D eigenvalue weighted by Crippen LogP contribution is -2.37. The summed E-state index contributed by atoms with van der Waals surface area (Å²) in [7, 11) is -3.82. The molecule has 3 rings (SSSR count). The number of carbonyl (C=O) groups excluding carboxylic acids is 1. The highest BCUT2D eigenvalue weighted by Gasteiger charge is 2.26. The fourth-order valence-electron chi connectivity index (χ4n) is 2.94. The Balaban J connectivity index is 1.81. The molecule has 5 nitrogen and oxygen atoms in total. The van der Waals surface area contributed by atoms with E-state index < -0.39 is 10.0 Å². The number of aryl methyl sites for hydroxylation is 1. The molecule has 3 aromatic rings. The lowest BCUT2D eigenvalue weighted by Gasteiger charge is -2.22. The Labute approximate surface area is 172 Å². The number of hydrogen-bond acceptors (Lipinski definition) is 3. The van der Waals surface area contributed by atoms with E-state index in [4.69, 9.17) is 0 Å². The van der Waals surface area contributed by atoms with Gasteiger partial charge in [0.25, 0.3) is 0 Å². The Kier molecular flexibility index (Phi) is 6.80. The van der Waals surface area contributed by atoms with E-state index in [2.05, 4.69) is 12.2 Å². The highest BCUT2D eigenvalue weighted by Crippen LogP contribution is 2.19. The standard InChI is InChI=1S/C23H24N2O3S/c1-2-19-13-15-21(16-14-19)24-23(26)18-25(17-20-9-5-3-6-10-20)29(27,28)22-11-7-4-8-12-22/h3-16H,2,17-18H2,1H3,(H,24,26). The normalized spacial score (nSPS) is 11.4. The molecule has 1 N–H and O–H groups in total. The van der Waals surface area contributed by atoms with Gasteiger partial charge in [-0.25, -0.2) is 8.42 Å². The third-order valence-electron chi connectivity index (χ3n) is 4.55. The van der Waals surface area contributed by atoms with Crippen molar-refractivity contribution < 1.29 is 13.2 Å². The molecule has 0 saturated heterocycles. The number of anilines is 1. The number of carbonyl (C=O) groups is 1. The fourth-order valence-corrected chi connectivity index (χ4v) is 4.34. The highest BCUT2D eigenvalue weighted by molar-refractivity contribution is 7.89. The van der Waals surface area contributed by atoms with Crippen LogP contribution in [-0.4, -0.2) is 25.2 Å². The topological polar surface area (TPSA) is 66.5 Å². The van der Waals surface area contributed by atoms with E-state index in [1.165, 1.54) is 22.0 Å². The number of hydrogen-bond donors (Lipinski definition) is 1. The molecule has 0 radical (unpaired) electrons. The third-order valence-corrected chi connectivity index (χ3v) is 6.35. The summed E-state index contributed by atoms with van der Waals surface area (Å²) in [6.45, 7) is 1.89. The van der Waals surface area contributed by atoms with E-state index in [-0.39, 0.29) is 23.9 Å². The first kappa shape index (κ1) is 20.8. The van der Waals surface area contributed by atoms with Gasteiger partial charge in [0.2, 0.25) is 15.9 Å². The average Bonchev–Trinajstić information content (AvgIpc) is 2.75. The summed E-state index contributed by atoms with van der Waals surface area (Å²) in [4.78, 5) is 12.8. The van der Waals surface area contributed by atoms with Crippen LogP contribution in [0.2, 0.25) is 0 Å². The molecule has 0 spiro atoms. The minimum absolute atomic E-state index is 0.111. The van der Waals surface area contributed by atoms with Crippen LogP contribution in [0.3, 0.4) is 0 Å². The van der Waals surface area contributed by atoms with Crippen molar-refractivity contribution in [3.8, 4) is 0 Å². The summed E-state index contributed by atoms with van der Waals surface area (Å²) in [5.74, 6) is -0.385. The van der Waals surface area contributed by atoms with Crippen LogP contribution >= 0.6 is 0 Å². The Morgan fingerprint density at radius 1 is 0.828 bits per heavy atom. The lowest BCUT2D eigenvalue weighted by atomic mass is 10.1. The highest BCUT2D eigenvalue weighted by atomic mass is 32.2. The molecule has 0 unspecified atom stereocenters. The number of nitrogens with one attached hydrogen (secondary N) is 1. The average molecular weight is 409 g/mol. The first-order valence-electron chi connectivity index (χ1n) is 9.47. The van der Waals surface area contributed by atoms with Crippen LogP contribution < -0.4 is 5.32 Å². The molecular weight excluding hydrogens is 384 g/mol. The maximum Gasteiger partial charge on any atom is 0.243 e. The van der Waals surface area contributed by atoms with Gasteiger partial charge < -0.3 is 5.32 Å². The zero-order chi connectivity index (χ0) is 20.7. The Bertz CT molecular complexity index is 1030. The van der Waals surface area contributed by atoms with Crippen molar-refractivity contribution in [3.05, 3.63) is 96.1 Å². The van der Waals surface area contributed by atoms with Crippen LogP contribution in [0.4, 0.5) is 5.69 Å². The second kappa shape index (κ2) is 9.49. The Hall–Kier alpha value is -2.96. The van der Waals surface area contributed by atoms with Gasteiger partial charge in [-0.1, -0.05) is 67.6 Å². The molecule has 3 aromatic carbocycles. The molecule has 29 heavy (non-hydrogen) atoms. The zero-order valence-electron chi connectivity index (χ0n) is 16.3. The summed E-state index contributed by atoms with van der Waals surface area (Å²) in [6.07, 6.45) is 0.911. The number of amides is 1. The minimum atomic E-state index is -3.82. The van der Waals surface area contributed by atoms with E-state index in [1.54, 1.807) is 18.2 Å². The van der Waals surface area contributed by atoms with Crippen LogP contribution in [0.5, 0.6) is 0 Å². The number of rotatable bonds is 8. The quantitative estimate of drug-likeness (QED) is 0.611. The second-order valence-corrected chi connectivity index (χ2v) is 8.61. The first-order chi connectivity index (χ1) is 14.0. The zero-order valence-corrected chi connectivity index (χ0v) is 17.1. The monoisotopic (exact) mass is 408 g/mol. The lowest BCUT2D eigenvalue weighted by molar-refractivity contribution is -0.116. The van der Waals surface area contributed by atoms with E-state index >= 15 is 0 Å². The molecule has 150 valence electrons. The maximum absolute atomic E-state index is 13.2. The number of benzene rings is 3. The molecule has 0 aliphatic heterocycles. The molecule has 0 heterocycles. The van der Waals surface area contributed by atoms with Crippen LogP contribution in [0.25, 0.3) is 0 Å². The van der Waals surface area contributed by atoms with Crippen molar-refractivity contribution in [2.75, 3.05) is 11.9 Å². The Morgan fingerprint density at radius 2 is 1.41 bits per heavy atom. The summed E-state index contributed by atoms with van der Waals surface area (Å²) in [5, 5.41) is 2.79. The third kappa shape index (κ3) is 5.53. The maximum atomic E-state index is 13.2.